The van der Waals surface area contributed by atoms with Crippen molar-refractivity contribution in [2.24, 2.45) is 0 Å². The van der Waals surface area contributed by atoms with Crippen LogP contribution in [0.1, 0.15) is 19.4 Å². The number of hydrogen-bond acceptors (Lipinski definition) is 3. The van der Waals surface area contributed by atoms with Crippen LogP contribution in [0, 0.1) is 0 Å². The normalized spacial score (nSPS) is 12.1. The van der Waals surface area contributed by atoms with E-state index in [4.69, 9.17) is 28.3 Å². The minimum atomic E-state index is -3.65. The van der Waals surface area contributed by atoms with E-state index in [-0.39, 0.29) is 20.5 Å². The van der Waals surface area contributed by atoms with E-state index < -0.39 is 16.6 Å². The molecule has 0 heterocycles. The smallest absolute Gasteiger partial charge is 0.244 e. The number of aliphatic hydroxyl groups excluding tert-OH is 1. The van der Waals surface area contributed by atoms with E-state index in [1.165, 1.54) is 16.4 Å². The highest BCUT2D eigenvalue weighted by Gasteiger charge is 2.26. The molecule has 1 aromatic rings. The van der Waals surface area contributed by atoms with Gasteiger partial charge >= 0.3 is 0 Å². The second-order valence-electron chi connectivity index (χ2n) is 3.59. The van der Waals surface area contributed by atoms with Gasteiger partial charge in [-0.15, -0.1) is 0 Å². The van der Waals surface area contributed by atoms with E-state index in [9.17, 15) is 8.42 Å². The first-order chi connectivity index (χ1) is 8.39. The molecule has 7 heteroatoms. The first-order valence-corrected chi connectivity index (χ1v) is 7.67. The standard InChI is InChI=1S/C11H15Cl2NO3S/c1-3-14(4-2)18(16,17)10-6-5-9(12)8(7-15)11(10)13/h5-6,15H,3-4,7H2,1-2H3. The molecule has 0 aliphatic heterocycles. The molecule has 1 rings (SSSR count). The van der Waals surface area contributed by atoms with Gasteiger partial charge in [0.15, 0.2) is 0 Å². The molecule has 0 fully saturated rings. The van der Waals surface area contributed by atoms with Gasteiger partial charge in [0, 0.05) is 23.7 Å². The third-order valence-electron chi connectivity index (χ3n) is 2.63. The fraction of sp³-hybridized carbons (Fsp3) is 0.455. The molecule has 0 unspecified atom stereocenters. The molecule has 0 spiro atoms. The Kier molecular flexibility index (Phi) is 5.43. The van der Waals surface area contributed by atoms with Crippen LogP contribution in [0.4, 0.5) is 0 Å². The minimum Gasteiger partial charge on any atom is -0.392 e. The number of sulfonamides is 1. The molecule has 4 nitrogen and oxygen atoms in total. The second kappa shape index (κ2) is 6.21. The van der Waals surface area contributed by atoms with Crippen molar-refractivity contribution < 1.29 is 13.5 Å². The minimum absolute atomic E-state index is 0.0168. The molecule has 0 amide bonds. The Bertz CT molecular complexity index is 527. The summed E-state index contributed by atoms with van der Waals surface area (Å²) in [5, 5.41) is 9.40. The highest BCUT2D eigenvalue weighted by Crippen LogP contribution is 2.32. The molecule has 0 bridgehead atoms. The lowest BCUT2D eigenvalue weighted by atomic mass is 10.2. The summed E-state index contributed by atoms with van der Waals surface area (Å²) >= 11 is 11.9. The maximum Gasteiger partial charge on any atom is 0.244 e. The summed E-state index contributed by atoms with van der Waals surface area (Å²) in [6.45, 7) is 3.80. The zero-order chi connectivity index (χ0) is 13.9. The number of aliphatic hydroxyl groups is 1. The van der Waals surface area contributed by atoms with Crippen molar-refractivity contribution >= 4 is 33.2 Å². The lowest BCUT2D eigenvalue weighted by Crippen LogP contribution is -2.31. The summed E-state index contributed by atoms with van der Waals surface area (Å²) in [4.78, 5) is -0.0266. The molecular formula is C11H15Cl2NO3S. The third kappa shape index (κ3) is 2.81. The summed E-state index contributed by atoms with van der Waals surface area (Å²) in [5.74, 6) is 0. The quantitative estimate of drug-likeness (QED) is 0.909. The van der Waals surface area contributed by atoms with Crippen molar-refractivity contribution in [3.8, 4) is 0 Å². The summed E-state index contributed by atoms with van der Waals surface area (Å²) in [6.07, 6.45) is 0. The number of hydrogen-bond donors (Lipinski definition) is 1. The van der Waals surface area contributed by atoms with Crippen molar-refractivity contribution in [3.63, 3.8) is 0 Å². The van der Waals surface area contributed by atoms with Gasteiger partial charge in [-0.25, -0.2) is 8.42 Å². The van der Waals surface area contributed by atoms with Gasteiger partial charge in [-0.3, -0.25) is 0 Å². The average molecular weight is 312 g/mol. The monoisotopic (exact) mass is 311 g/mol. The van der Waals surface area contributed by atoms with Crippen LogP contribution in [0.3, 0.4) is 0 Å². The molecule has 0 radical (unpaired) electrons. The van der Waals surface area contributed by atoms with Gasteiger partial charge in [0.2, 0.25) is 10.0 Å². The predicted molar refractivity (Wildman–Crippen MR) is 72.5 cm³/mol. The molecule has 0 saturated heterocycles. The first-order valence-electron chi connectivity index (χ1n) is 5.48. The van der Waals surface area contributed by atoms with Crippen LogP contribution in [0.5, 0.6) is 0 Å². The summed E-state index contributed by atoms with van der Waals surface area (Å²) < 4.78 is 25.9. The van der Waals surface area contributed by atoms with Crippen LogP contribution in [0.15, 0.2) is 17.0 Å². The fourth-order valence-electron chi connectivity index (χ4n) is 1.62. The van der Waals surface area contributed by atoms with Gasteiger partial charge in [-0.05, 0) is 12.1 Å². The van der Waals surface area contributed by atoms with Crippen molar-refractivity contribution in [2.75, 3.05) is 13.1 Å². The van der Waals surface area contributed by atoms with Crippen LogP contribution in [0.2, 0.25) is 10.0 Å². The molecule has 1 aromatic carbocycles. The Labute approximate surface area is 117 Å². The SMILES string of the molecule is CCN(CC)S(=O)(=O)c1ccc(Cl)c(CO)c1Cl. The molecule has 1 N–H and O–H groups in total. The molecule has 0 atom stereocenters. The molecular weight excluding hydrogens is 297 g/mol. The van der Waals surface area contributed by atoms with E-state index in [2.05, 4.69) is 0 Å². The van der Waals surface area contributed by atoms with Crippen molar-refractivity contribution in [2.45, 2.75) is 25.3 Å². The predicted octanol–water partition coefficient (Wildman–Crippen LogP) is 2.52. The molecule has 0 aromatic heterocycles. The van der Waals surface area contributed by atoms with Crippen LogP contribution in [-0.2, 0) is 16.6 Å². The Balaban J connectivity index is 3.43. The van der Waals surface area contributed by atoms with Gasteiger partial charge < -0.3 is 5.11 Å². The molecule has 102 valence electrons. The van der Waals surface area contributed by atoms with E-state index in [1.54, 1.807) is 13.8 Å². The lowest BCUT2D eigenvalue weighted by molar-refractivity contribution is 0.281. The second-order valence-corrected chi connectivity index (χ2v) is 6.28. The Morgan fingerprint density at radius 3 is 2.22 bits per heavy atom. The highest BCUT2D eigenvalue weighted by molar-refractivity contribution is 7.89. The van der Waals surface area contributed by atoms with E-state index in [0.717, 1.165) is 0 Å². The number of benzene rings is 1. The fourth-order valence-corrected chi connectivity index (χ4v) is 3.95. The lowest BCUT2D eigenvalue weighted by Gasteiger charge is -2.20. The van der Waals surface area contributed by atoms with Gasteiger partial charge in [0.25, 0.3) is 0 Å². The summed E-state index contributed by atoms with van der Waals surface area (Å²) in [7, 11) is -3.65. The third-order valence-corrected chi connectivity index (χ3v) is 5.62. The van der Waals surface area contributed by atoms with Crippen LogP contribution in [-0.4, -0.2) is 30.9 Å². The van der Waals surface area contributed by atoms with Crippen LogP contribution < -0.4 is 0 Å². The van der Waals surface area contributed by atoms with Crippen molar-refractivity contribution in [1.82, 2.24) is 4.31 Å². The van der Waals surface area contributed by atoms with E-state index >= 15 is 0 Å². The van der Waals surface area contributed by atoms with Gasteiger partial charge in [-0.1, -0.05) is 37.0 Å². The van der Waals surface area contributed by atoms with Crippen molar-refractivity contribution in [3.05, 3.63) is 27.7 Å². The van der Waals surface area contributed by atoms with Gasteiger partial charge in [0.05, 0.1) is 11.6 Å². The molecule has 0 saturated carbocycles. The summed E-state index contributed by atoms with van der Waals surface area (Å²) in [5.41, 5.74) is 0.228. The zero-order valence-corrected chi connectivity index (χ0v) is 12.5. The Morgan fingerprint density at radius 1 is 1.22 bits per heavy atom. The van der Waals surface area contributed by atoms with E-state index in [1.807, 2.05) is 0 Å². The first kappa shape index (κ1) is 15.7. The maximum atomic E-state index is 12.3. The van der Waals surface area contributed by atoms with Crippen LogP contribution in [0.25, 0.3) is 0 Å². The molecule has 0 aliphatic rings. The number of halogens is 2. The van der Waals surface area contributed by atoms with Crippen molar-refractivity contribution in [1.29, 1.82) is 0 Å². The highest BCUT2D eigenvalue weighted by atomic mass is 35.5. The van der Waals surface area contributed by atoms with Gasteiger partial charge in [-0.2, -0.15) is 4.31 Å². The Hall–Kier alpha value is -0.330. The largest absolute Gasteiger partial charge is 0.392 e. The molecule has 0 aliphatic carbocycles. The zero-order valence-electron chi connectivity index (χ0n) is 10.2. The average Bonchev–Trinajstić information content (AvgIpc) is 2.30. The summed E-state index contributed by atoms with van der Waals surface area (Å²) in [6, 6.07) is 2.78. The molecule has 18 heavy (non-hydrogen) atoms. The number of rotatable bonds is 5. The van der Waals surface area contributed by atoms with Crippen LogP contribution >= 0.6 is 23.2 Å². The maximum absolute atomic E-state index is 12.3. The van der Waals surface area contributed by atoms with E-state index in [0.29, 0.717) is 13.1 Å². The van der Waals surface area contributed by atoms with Gasteiger partial charge in [0.1, 0.15) is 4.90 Å². The Morgan fingerprint density at radius 2 is 1.78 bits per heavy atom. The number of nitrogens with zero attached hydrogens (tertiary/aromatic N) is 1. The topological polar surface area (TPSA) is 57.6 Å².